The molecule has 0 aliphatic heterocycles. The average molecular weight is 292 g/mol. The molecule has 7 nitrogen and oxygen atoms in total. The van der Waals surface area contributed by atoms with Crippen LogP contribution in [0.5, 0.6) is 17.2 Å². The maximum atomic E-state index is 10.3. The molecule has 21 heavy (non-hydrogen) atoms. The zero-order valence-electron chi connectivity index (χ0n) is 10.6. The fraction of sp³-hybridized carbons (Fsp3) is 0. The zero-order chi connectivity index (χ0) is 16.0. The fourth-order valence-corrected chi connectivity index (χ4v) is 1.35. The van der Waals surface area contributed by atoms with Crippen LogP contribution in [0.3, 0.4) is 0 Å². The molecule has 7 heteroatoms. The van der Waals surface area contributed by atoms with Gasteiger partial charge in [-0.1, -0.05) is 12.1 Å². The summed E-state index contributed by atoms with van der Waals surface area (Å²) in [6.07, 6.45) is 0. The van der Waals surface area contributed by atoms with E-state index in [0.29, 0.717) is 0 Å². The maximum absolute atomic E-state index is 10.3. The minimum absolute atomic E-state index is 0.0671. The highest BCUT2D eigenvalue weighted by Crippen LogP contribution is 2.21. The topological polar surface area (TPSA) is 135 Å². The molecule has 5 N–H and O–H groups in total. The Morgan fingerprint density at radius 2 is 1.24 bits per heavy atom. The number of aromatic hydroxyl groups is 3. The first kappa shape index (κ1) is 15.8. The second kappa shape index (κ2) is 6.80. The van der Waals surface area contributed by atoms with Crippen LogP contribution in [0.1, 0.15) is 20.7 Å². The first-order chi connectivity index (χ1) is 9.82. The van der Waals surface area contributed by atoms with Gasteiger partial charge in [-0.25, -0.2) is 9.59 Å². The SMILES string of the molecule is O=C(O)c1cc(O)ccc1O.O=C(O)c1ccccc1O. The summed E-state index contributed by atoms with van der Waals surface area (Å²) < 4.78 is 0. The molecule has 0 aliphatic rings. The summed E-state index contributed by atoms with van der Waals surface area (Å²) in [6, 6.07) is 9.13. The van der Waals surface area contributed by atoms with Gasteiger partial charge < -0.3 is 25.5 Å². The van der Waals surface area contributed by atoms with E-state index in [1.165, 1.54) is 18.2 Å². The average Bonchev–Trinajstić information content (AvgIpc) is 2.42. The van der Waals surface area contributed by atoms with Gasteiger partial charge in [0, 0.05) is 0 Å². The molecule has 0 heterocycles. The minimum Gasteiger partial charge on any atom is -0.508 e. The molecule has 0 saturated heterocycles. The Hall–Kier alpha value is -3.22. The lowest BCUT2D eigenvalue weighted by Gasteiger charge is -1.98. The molecule has 2 aromatic rings. The Morgan fingerprint density at radius 3 is 1.67 bits per heavy atom. The normalized spacial score (nSPS) is 9.33. The third kappa shape index (κ3) is 4.43. The molecule has 0 bridgehead atoms. The summed E-state index contributed by atoms with van der Waals surface area (Å²) in [5.74, 6) is -3.11. The molecule has 0 aliphatic carbocycles. The molecule has 110 valence electrons. The van der Waals surface area contributed by atoms with Gasteiger partial charge in [0.05, 0.1) is 0 Å². The third-order valence-electron chi connectivity index (χ3n) is 2.35. The van der Waals surface area contributed by atoms with Crippen LogP contribution in [0.2, 0.25) is 0 Å². The van der Waals surface area contributed by atoms with Gasteiger partial charge >= 0.3 is 11.9 Å². The zero-order valence-corrected chi connectivity index (χ0v) is 10.6. The van der Waals surface area contributed by atoms with Crippen LogP contribution in [-0.2, 0) is 0 Å². The Kier molecular flexibility index (Phi) is 5.13. The molecule has 0 saturated carbocycles. The number of hydrogen-bond donors (Lipinski definition) is 5. The molecule has 2 aromatic carbocycles. The van der Waals surface area contributed by atoms with E-state index in [0.717, 1.165) is 12.1 Å². The first-order valence-corrected chi connectivity index (χ1v) is 5.59. The Labute approximate surface area is 119 Å². The van der Waals surface area contributed by atoms with Crippen molar-refractivity contribution in [2.75, 3.05) is 0 Å². The number of aromatic carboxylic acids is 2. The number of carboxylic acid groups (broad SMARTS) is 2. The van der Waals surface area contributed by atoms with E-state index in [2.05, 4.69) is 0 Å². The van der Waals surface area contributed by atoms with Gasteiger partial charge in [0.15, 0.2) is 0 Å². The van der Waals surface area contributed by atoms with Crippen LogP contribution in [-0.4, -0.2) is 37.5 Å². The largest absolute Gasteiger partial charge is 0.508 e. The van der Waals surface area contributed by atoms with Gasteiger partial charge in [0.1, 0.15) is 28.4 Å². The van der Waals surface area contributed by atoms with E-state index >= 15 is 0 Å². The predicted octanol–water partition coefficient (Wildman–Crippen LogP) is 1.89. The van der Waals surface area contributed by atoms with Crippen molar-refractivity contribution >= 4 is 11.9 Å². The van der Waals surface area contributed by atoms with Gasteiger partial charge in [0.25, 0.3) is 0 Å². The first-order valence-electron chi connectivity index (χ1n) is 5.59. The number of phenolic OH excluding ortho intramolecular Hbond substituents is 1. The Balaban J connectivity index is 0.000000211. The molecule has 0 unspecified atom stereocenters. The molecule has 0 radical (unpaired) electrons. The number of para-hydroxylation sites is 1. The molecule has 0 aromatic heterocycles. The summed E-state index contributed by atoms with van der Waals surface area (Å²) in [6.45, 7) is 0. The predicted molar refractivity (Wildman–Crippen MR) is 71.8 cm³/mol. The standard InChI is InChI=1S/C7H6O4.C7H6O3/c8-4-1-2-6(9)5(3-4)7(10)11;8-6-4-2-1-3-5(6)7(9)10/h1-3,8-9H,(H,10,11);1-4,8H,(H,9,10). The smallest absolute Gasteiger partial charge is 0.339 e. The van der Waals surface area contributed by atoms with Crippen LogP contribution < -0.4 is 0 Å². The summed E-state index contributed by atoms with van der Waals surface area (Å²) in [5.41, 5.74) is -0.368. The molecule has 0 amide bonds. The Bertz CT molecular complexity index is 664. The van der Waals surface area contributed by atoms with E-state index in [9.17, 15) is 9.59 Å². The highest BCUT2D eigenvalue weighted by molar-refractivity contribution is 5.91. The monoisotopic (exact) mass is 292 g/mol. The number of carboxylic acids is 2. The number of phenols is 3. The van der Waals surface area contributed by atoms with Gasteiger partial charge in [-0.3, -0.25) is 0 Å². The minimum atomic E-state index is -1.27. The van der Waals surface area contributed by atoms with Crippen molar-refractivity contribution in [3.63, 3.8) is 0 Å². The van der Waals surface area contributed by atoms with Gasteiger partial charge in [-0.2, -0.15) is 0 Å². The van der Waals surface area contributed by atoms with E-state index in [-0.39, 0.29) is 28.4 Å². The lowest BCUT2D eigenvalue weighted by Crippen LogP contribution is -1.95. The third-order valence-corrected chi connectivity index (χ3v) is 2.35. The lowest BCUT2D eigenvalue weighted by atomic mass is 10.2. The van der Waals surface area contributed by atoms with Crippen molar-refractivity contribution in [2.45, 2.75) is 0 Å². The number of benzene rings is 2. The van der Waals surface area contributed by atoms with E-state index < -0.39 is 11.9 Å². The highest BCUT2D eigenvalue weighted by Gasteiger charge is 2.09. The molecular weight excluding hydrogens is 280 g/mol. The second-order valence-corrected chi connectivity index (χ2v) is 3.83. The molecule has 0 spiro atoms. The molecule has 0 atom stereocenters. The number of rotatable bonds is 2. The van der Waals surface area contributed by atoms with E-state index in [1.807, 2.05) is 0 Å². The highest BCUT2D eigenvalue weighted by atomic mass is 16.4. The van der Waals surface area contributed by atoms with Crippen LogP contribution in [0.25, 0.3) is 0 Å². The van der Waals surface area contributed by atoms with Crippen molar-refractivity contribution in [2.24, 2.45) is 0 Å². The Morgan fingerprint density at radius 1 is 0.714 bits per heavy atom. The summed E-state index contributed by atoms with van der Waals surface area (Å²) in [4.78, 5) is 20.6. The van der Waals surface area contributed by atoms with Gasteiger partial charge in [-0.05, 0) is 30.3 Å². The van der Waals surface area contributed by atoms with Crippen LogP contribution in [0.15, 0.2) is 42.5 Å². The maximum Gasteiger partial charge on any atom is 0.339 e. The summed E-state index contributed by atoms with van der Waals surface area (Å²) in [5, 5.41) is 43.5. The number of carbonyl (C=O) groups is 2. The van der Waals surface area contributed by atoms with Crippen molar-refractivity contribution in [3.8, 4) is 17.2 Å². The van der Waals surface area contributed by atoms with Crippen LogP contribution >= 0.6 is 0 Å². The van der Waals surface area contributed by atoms with Crippen molar-refractivity contribution in [3.05, 3.63) is 53.6 Å². The molecule has 2 rings (SSSR count). The van der Waals surface area contributed by atoms with Crippen LogP contribution in [0, 0.1) is 0 Å². The van der Waals surface area contributed by atoms with Crippen LogP contribution in [0.4, 0.5) is 0 Å². The van der Waals surface area contributed by atoms with Crippen molar-refractivity contribution < 1.29 is 35.1 Å². The fourth-order valence-electron chi connectivity index (χ4n) is 1.35. The van der Waals surface area contributed by atoms with Gasteiger partial charge in [-0.15, -0.1) is 0 Å². The van der Waals surface area contributed by atoms with Crippen molar-refractivity contribution in [1.82, 2.24) is 0 Å². The van der Waals surface area contributed by atoms with Gasteiger partial charge in [0.2, 0.25) is 0 Å². The van der Waals surface area contributed by atoms with E-state index in [1.54, 1.807) is 12.1 Å². The summed E-state index contributed by atoms with van der Waals surface area (Å²) in [7, 11) is 0. The lowest BCUT2D eigenvalue weighted by molar-refractivity contribution is 0.0682. The van der Waals surface area contributed by atoms with E-state index in [4.69, 9.17) is 25.5 Å². The molecular formula is C14H12O7. The second-order valence-electron chi connectivity index (χ2n) is 3.83. The number of hydrogen-bond acceptors (Lipinski definition) is 5. The molecule has 0 fully saturated rings. The van der Waals surface area contributed by atoms with Crippen molar-refractivity contribution in [1.29, 1.82) is 0 Å². The quantitative estimate of drug-likeness (QED) is 0.533. The summed E-state index contributed by atoms with van der Waals surface area (Å²) >= 11 is 0.